The summed E-state index contributed by atoms with van der Waals surface area (Å²) in [7, 11) is 1.61. The van der Waals surface area contributed by atoms with Crippen molar-refractivity contribution in [2.24, 2.45) is 5.92 Å². The lowest BCUT2D eigenvalue weighted by Crippen LogP contribution is -2.31. The van der Waals surface area contributed by atoms with Crippen LogP contribution in [0.3, 0.4) is 0 Å². The largest absolute Gasteiger partial charge is 0.496 e. The third kappa shape index (κ3) is 5.15. The van der Waals surface area contributed by atoms with Gasteiger partial charge in [0.1, 0.15) is 11.6 Å². The van der Waals surface area contributed by atoms with Crippen LogP contribution in [0.2, 0.25) is 0 Å². The van der Waals surface area contributed by atoms with Gasteiger partial charge < -0.3 is 20.4 Å². The molecule has 5 rings (SSSR count). The van der Waals surface area contributed by atoms with Gasteiger partial charge in [0.25, 0.3) is 5.91 Å². The summed E-state index contributed by atoms with van der Waals surface area (Å²) in [5, 5.41) is 5.82. The highest BCUT2D eigenvalue weighted by molar-refractivity contribution is 6.04. The maximum absolute atomic E-state index is 13.0. The fraction of sp³-hybridized carbons (Fsp3) is 0.321. The molecule has 0 radical (unpaired) electrons. The minimum Gasteiger partial charge on any atom is -0.496 e. The average molecular weight is 515 g/mol. The van der Waals surface area contributed by atoms with Crippen molar-refractivity contribution in [2.75, 3.05) is 12.4 Å². The molecule has 196 valence electrons. The summed E-state index contributed by atoms with van der Waals surface area (Å²) in [4.78, 5) is 49.9. The van der Waals surface area contributed by atoms with E-state index in [9.17, 15) is 14.4 Å². The lowest BCUT2D eigenvalue weighted by Gasteiger charge is -2.28. The molecule has 0 aliphatic heterocycles. The molecule has 2 heterocycles. The van der Waals surface area contributed by atoms with Gasteiger partial charge in [-0.1, -0.05) is 12.1 Å². The second-order valence-electron chi connectivity index (χ2n) is 9.53. The van der Waals surface area contributed by atoms with Crippen LogP contribution in [0.5, 0.6) is 5.75 Å². The molecular weight excluding hydrogens is 484 g/mol. The molecular formula is C28H30N6O4. The molecule has 10 heteroatoms. The van der Waals surface area contributed by atoms with Gasteiger partial charge in [0.2, 0.25) is 5.91 Å². The van der Waals surface area contributed by atoms with Gasteiger partial charge in [-0.15, -0.1) is 0 Å². The molecule has 4 aromatic rings. The van der Waals surface area contributed by atoms with Gasteiger partial charge in [-0.05, 0) is 62.4 Å². The molecule has 0 spiro atoms. The predicted molar refractivity (Wildman–Crippen MR) is 143 cm³/mol. The zero-order valence-corrected chi connectivity index (χ0v) is 21.4. The van der Waals surface area contributed by atoms with E-state index in [0.29, 0.717) is 53.8 Å². The number of rotatable bonds is 7. The number of nitrogens with one attached hydrogen (secondary N) is 3. The molecule has 1 saturated carbocycles. The monoisotopic (exact) mass is 514 g/mol. The summed E-state index contributed by atoms with van der Waals surface area (Å²) in [5.74, 6) is 0.751. The van der Waals surface area contributed by atoms with Crippen LogP contribution in [0.15, 0.2) is 59.7 Å². The third-order valence-electron chi connectivity index (χ3n) is 7.13. The van der Waals surface area contributed by atoms with E-state index in [2.05, 4.69) is 25.6 Å². The van der Waals surface area contributed by atoms with Crippen molar-refractivity contribution >= 4 is 28.5 Å². The maximum atomic E-state index is 13.0. The standard InChI is InChI=1S/C28H30N6O4/c1-17-7-10-19(15-23(17)38-2)32-26(35)18-8-11-20(12-9-18)34-22-6-3-5-21(25(22)33-28(34)37)27(36)31-16-24-29-13-4-14-30-24/h3-7,10,13-15,18,20H,8-9,11-12,16H2,1-2H3,(H,31,36)(H,32,35)(H,33,37)/t18-,20+. The summed E-state index contributed by atoms with van der Waals surface area (Å²) >= 11 is 0. The fourth-order valence-electron chi connectivity index (χ4n) is 5.11. The molecule has 2 aromatic carbocycles. The van der Waals surface area contributed by atoms with Gasteiger partial charge in [0.05, 0.1) is 30.3 Å². The van der Waals surface area contributed by atoms with Crippen LogP contribution in [0, 0.1) is 12.8 Å². The first kappa shape index (κ1) is 25.2. The normalized spacial score (nSPS) is 17.2. The number of carbonyl (C=O) groups is 2. The van der Waals surface area contributed by atoms with Crippen molar-refractivity contribution < 1.29 is 14.3 Å². The fourth-order valence-corrected chi connectivity index (χ4v) is 5.11. The van der Waals surface area contributed by atoms with Crippen LogP contribution in [0.1, 0.15) is 53.5 Å². The first-order valence-electron chi connectivity index (χ1n) is 12.7. The molecule has 0 saturated heterocycles. The Kier molecular flexibility index (Phi) is 7.21. The Morgan fingerprint density at radius 3 is 2.58 bits per heavy atom. The van der Waals surface area contributed by atoms with E-state index < -0.39 is 0 Å². The molecule has 2 aromatic heterocycles. The molecule has 0 unspecified atom stereocenters. The van der Waals surface area contributed by atoms with Gasteiger partial charge in [-0.3, -0.25) is 14.2 Å². The first-order chi connectivity index (χ1) is 18.4. The minimum absolute atomic E-state index is 0.0259. The van der Waals surface area contributed by atoms with E-state index in [1.54, 1.807) is 42.3 Å². The van der Waals surface area contributed by atoms with Crippen LogP contribution in [-0.4, -0.2) is 38.4 Å². The summed E-state index contributed by atoms with van der Waals surface area (Å²) in [6.07, 6.45) is 5.93. The van der Waals surface area contributed by atoms with E-state index >= 15 is 0 Å². The number of carbonyl (C=O) groups excluding carboxylic acids is 2. The quantitative estimate of drug-likeness (QED) is 0.344. The number of hydrogen-bond donors (Lipinski definition) is 3. The summed E-state index contributed by atoms with van der Waals surface area (Å²) < 4.78 is 7.08. The minimum atomic E-state index is -0.315. The van der Waals surface area contributed by atoms with Crippen LogP contribution < -0.4 is 21.1 Å². The number of aryl methyl sites for hydroxylation is 1. The lowest BCUT2D eigenvalue weighted by atomic mass is 9.85. The number of imidazole rings is 1. The molecule has 2 amide bonds. The average Bonchev–Trinajstić information content (AvgIpc) is 3.29. The van der Waals surface area contributed by atoms with Crippen LogP contribution >= 0.6 is 0 Å². The number of nitrogens with zero attached hydrogens (tertiary/aromatic N) is 3. The molecule has 0 atom stereocenters. The number of hydrogen-bond acceptors (Lipinski definition) is 6. The number of anilines is 1. The summed E-state index contributed by atoms with van der Waals surface area (Å²) in [6, 6.07) is 12.6. The number of ether oxygens (including phenoxy) is 1. The SMILES string of the molecule is COc1cc(NC(=O)[C@H]2CC[C@@H](n3c(=O)[nH]c4c(C(=O)NCc5ncccn5)cccc43)CC2)ccc1C. The summed E-state index contributed by atoms with van der Waals surface area (Å²) in [6.45, 7) is 2.13. The second kappa shape index (κ2) is 10.9. The van der Waals surface area contributed by atoms with Gasteiger partial charge in [-0.2, -0.15) is 0 Å². The molecule has 1 fully saturated rings. The van der Waals surface area contributed by atoms with Crippen molar-refractivity contribution in [3.05, 3.63) is 82.3 Å². The van der Waals surface area contributed by atoms with Crippen molar-refractivity contribution in [1.82, 2.24) is 24.8 Å². The van der Waals surface area contributed by atoms with E-state index in [4.69, 9.17) is 4.74 Å². The van der Waals surface area contributed by atoms with Crippen LogP contribution in [0.4, 0.5) is 5.69 Å². The Morgan fingerprint density at radius 1 is 1.08 bits per heavy atom. The van der Waals surface area contributed by atoms with E-state index in [-0.39, 0.29) is 36.0 Å². The van der Waals surface area contributed by atoms with E-state index in [1.807, 2.05) is 31.2 Å². The maximum Gasteiger partial charge on any atom is 0.326 e. The number of methoxy groups -OCH3 is 1. The van der Waals surface area contributed by atoms with Gasteiger partial charge in [0.15, 0.2) is 0 Å². The van der Waals surface area contributed by atoms with Crippen molar-refractivity contribution in [3.8, 4) is 5.75 Å². The van der Waals surface area contributed by atoms with Crippen LogP contribution in [-0.2, 0) is 11.3 Å². The number of H-pyrrole nitrogens is 1. The first-order valence-corrected chi connectivity index (χ1v) is 12.7. The second-order valence-corrected chi connectivity index (χ2v) is 9.53. The molecule has 1 aliphatic rings. The Balaban J connectivity index is 1.27. The molecule has 38 heavy (non-hydrogen) atoms. The lowest BCUT2D eigenvalue weighted by molar-refractivity contribution is -0.121. The van der Waals surface area contributed by atoms with E-state index in [0.717, 1.165) is 11.3 Å². The Morgan fingerprint density at radius 2 is 1.84 bits per heavy atom. The molecule has 1 aliphatic carbocycles. The highest BCUT2D eigenvalue weighted by Crippen LogP contribution is 2.34. The van der Waals surface area contributed by atoms with Gasteiger partial charge in [-0.25, -0.2) is 14.8 Å². The van der Waals surface area contributed by atoms with Crippen molar-refractivity contribution in [3.63, 3.8) is 0 Å². The highest BCUT2D eigenvalue weighted by atomic mass is 16.5. The molecule has 10 nitrogen and oxygen atoms in total. The molecule has 0 bridgehead atoms. The third-order valence-corrected chi connectivity index (χ3v) is 7.13. The topological polar surface area (TPSA) is 131 Å². The number of amides is 2. The van der Waals surface area contributed by atoms with Crippen molar-refractivity contribution in [1.29, 1.82) is 0 Å². The van der Waals surface area contributed by atoms with Crippen molar-refractivity contribution in [2.45, 2.75) is 45.2 Å². The Labute approximate surface area is 219 Å². The Bertz CT molecular complexity index is 1520. The Hall–Kier alpha value is -4.47. The van der Waals surface area contributed by atoms with Crippen LogP contribution in [0.25, 0.3) is 11.0 Å². The predicted octanol–water partition coefficient (Wildman–Crippen LogP) is 3.74. The zero-order chi connectivity index (χ0) is 26.6. The molecule has 3 N–H and O–H groups in total. The number of fused-ring (bicyclic) bond motifs is 1. The smallest absolute Gasteiger partial charge is 0.326 e. The van der Waals surface area contributed by atoms with Gasteiger partial charge >= 0.3 is 5.69 Å². The number of benzene rings is 2. The summed E-state index contributed by atoms with van der Waals surface area (Å²) in [5.41, 5.74) is 3.01. The van der Waals surface area contributed by atoms with Gasteiger partial charge in [0, 0.05) is 36.1 Å². The highest BCUT2D eigenvalue weighted by Gasteiger charge is 2.29. The zero-order valence-electron chi connectivity index (χ0n) is 21.4. The number of para-hydroxylation sites is 1. The number of aromatic amines is 1. The number of aromatic nitrogens is 4. The van der Waals surface area contributed by atoms with E-state index in [1.165, 1.54) is 0 Å².